The Bertz CT molecular complexity index is 1210. The van der Waals surface area contributed by atoms with E-state index in [1.165, 1.54) is 36.4 Å². The third-order valence-electron chi connectivity index (χ3n) is 3.86. The maximum absolute atomic E-state index is 10.8. The number of hydrogen-bond donors (Lipinski definition) is 0. The van der Waals surface area contributed by atoms with Gasteiger partial charge in [-0.2, -0.15) is 16.8 Å². The highest BCUT2D eigenvalue weighted by Crippen LogP contribution is 2.20. The number of aryl methyl sites for hydroxylation is 2. The fourth-order valence-corrected chi connectivity index (χ4v) is 3.00. The molecular formula is C18H22N2O10S2. The van der Waals surface area contributed by atoms with Crippen LogP contribution in [0.2, 0.25) is 0 Å². The first-order chi connectivity index (χ1) is 14.6. The van der Waals surface area contributed by atoms with Crippen LogP contribution in [0.25, 0.3) is 0 Å². The van der Waals surface area contributed by atoms with E-state index in [1.54, 1.807) is 13.8 Å². The number of nitro groups is 2. The van der Waals surface area contributed by atoms with Crippen LogP contribution in [0.5, 0.6) is 0 Å². The summed E-state index contributed by atoms with van der Waals surface area (Å²) in [5, 5.41) is 21.0. The molecule has 0 amide bonds. The number of rotatable bonds is 8. The molecule has 0 bridgehead atoms. The molecule has 12 nitrogen and oxygen atoms in total. The van der Waals surface area contributed by atoms with Crippen LogP contribution in [0, 0.1) is 34.1 Å². The molecule has 0 aliphatic heterocycles. The van der Waals surface area contributed by atoms with Gasteiger partial charge in [-0.1, -0.05) is 0 Å². The molecule has 0 fully saturated rings. The summed E-state index contributed by atoms with van der Waals surface area (Å²) in [6.07, 6.45) is 1.90. The molecule has 0 aromatic heterocycles. The van der Waals surface area contributed by atoms with Crippen molar-refractivity contribution < 1.29 is 35.0 Å². The fraction of sp³-hybridized carbons (Fsp3) is 0.333. The lowest BCUT2D eigenvalue weighted by molar-refractivity contribution is -0.385. The average molecular weight is 491 g/mol. The first-order valence-corrected chi connectivity index (χ1v) is 12.4. The third kappa shape index (κ3) is 9.91. The molecule has 0 N–H and O–H groups in total. The van der Waals surface area contributed by atoms with Gasteiger partial charge >= 0.3 is 0 Å². The van der Waals surface area contributed by atoms with Crippen molar-refractivity contribution in [1.82, 2.24) is 0 Å². The van der Waals surface area contributed by atoms with Gasteiger partial charge in [0.15, 0.2) is 0 Å². The monoisotopic (exact) mass is 490 g/mol. The summed E-state index contributed by atoms with van der Waals surface area (Å²) >= 11 is 0. The first-order valence-electron chi connectivity index (χ1n) is 8.75. The summed E-state index contributed by atoms with van der Waals surface area (Å²) in [6, 6.07) is 8.50. The van der Waals surface area contributed by atoms with E-state index in [9.17, 15) is 37.1 Å². The zero-order valence-corrected chi connectivity index (χ0v) is 19.3. The second-order valence-corrected chi connectivity index (χ2v) is 9.97. The molecular weight excluding hydrogens is 468 g/mol. The number of non-ortho nitro benzene ring substituents is 1. The SMILES string of the molecule is Cc1cc(COS(C)(=O)=O)ccc1[N+](=O)[O-].Cc1cc([N+](=O)[O-])ccc1COS(C)(=O)=O. The lowest BCUT2D eigenvalue weighted by atomic mass is 10.1. The summed E-state index contributed by atoms with van der Waals surface area (Å²) in [6.45, 7) is 3.02. The lowest BCUT2D eigenvalue weighted by Gasteiger charge is -2.05. The van der Waals surface area contributed by atoms with Gasteiger partial charge in [-0.3, -0.25) is 28.6 Å². The van der Waals surface area contributed by atoms with E-state index in [0.29, 0.717) is 22.3 Å². The van der Waals surface area contributed by atoms with Crippen molar-refractivity contribution in [2.75, 3.05) is 12.5 Å². The lowest BCUT2D eigenvalue weighted by Crippen LogP contribution is -2.04. The van der Waals surface area contributed by atoms with Crippen molar-refractivity contribution in [2.24, 2.45) is 0 Å². The molecule has 0 spiro atoms. The van der Waals surface area contributed by atoms with E-state index in [-0.39, 0.29) is 24.6 Å². The van der Waals surface area contributed by atoms with E-state index in [4.69, 9.17) is 0 Å². The molecule has 0 radical (unpaired) electrons. The van der Waals surface area contributed by atoms with Gasteiger partial charge in [0, 0.05) is 23.8 Å². The second-order valence-electron chi connectivity index (χ2n) is 6.68. The summed E-state index contributed by atoms with van der Waals surface area (Å²) in [7, 11) is -6.99. The number of nitro benzene ring substituents is 2. The first kappa shape index (κ1) is 27.1. The Balaban J connectivity index is 0.000000320. The van der Waals surface area contributed by atoms with E-state index in [2.05, 4.69) is 8.37 Å². The van der Waals surface area contributed by atoms with E-state index in [0.717, 1.165) is 12.5 Å². The highest BCUT2D eigenvalue weighted by Gasteiger charge is 2.11. The predicted molar refractivity (Wildman–Crippen MR) is 115 cm³/mol. The van der Waals surface area contributed by atoms with E-state index < -0.39 is 30.1 Å². The smallest absolute Gasteiger partial charge is 0.265 e. The van der Waals surface area contributed by atoms with Crippen molar-refractivity contribution in [1.29, 1.82) is 0 Å². The Labute approximate surface area is 185 Å². The van der Waals surface area contributed by atoms with E-state index >= 15 is 0 Å². The van der Waals surface area contributed by atoms with Gasteiger partial charge in [-0.25, -0.2) is 0 Å². The molecule has 0 saturated carbocycles. The Hall–Kier alpha value is -2.94. The molecule has 176 valence electrons. The molecule has 14 heteroatoms. The summed E-state index contributed by atoms with van der Waals surface area (Å²) in [4.78, 5) is 20.0. The highest BCUT2D eigenvalue weighted by molar-refractivity contribution is 7.86. The van der Waals surface area contributed by atoms with Crippen molar-refractivity contribution in [3.63, 3.8) is 0 Å². The minimum atomic E-state index is -3.50. The van der Waals surface area contributed by atoms with Gasteiger partial charge < -0.3 is 0 Å². The average Bonchev–Trinajstić information content (AvgIpc) is 2.64. The molecule has 2 aromatic rings. The zero-order chi connectivity index (χ0) is 24.7. The third-order valence-corrected chi connectivity index (χ3v) is 4.96. The van der Waals surface area contributed by atoms with Crippen molar-refractivity contribution in [2.45, 2.75) is 27.1 Å². The molecule has 32 heavy (non-hydrogen) atoms. The van der Waals surface area contributed by atoms with Gasteiger partial charge in [0.05, 0.1) is 35.6 Å². The molecule has 2 rings (SSSR count). The van der Waals surface area contributed by atoms with Crippen LogP contribution in [0.1, 0.15) is 22.3 Å². The van der Waals surface area contributed by atoms with Crippen LogP contribution < -0.4 is 0 Å². The molecule has 0 unspecified atom stereocenters. The topological polar surface area (TPSA) is 173 Å². The van der Waals surface area contributed by atoms with Crippen LogP contribution in [0.3, 0.4) is 0 Å². The maximum atomic E-state index is 10.8. The summed E-state index contributed by atoms with van der Waals surface area (Å²) < 4.78 is 52.2. The van der Waals surface area contributed by atoms with Gasteiger partial charge in [0.1, 0.15) is 0 Å². The maximum Gasteiger partial charge on any atom is 0.272 e. The summed E-state index contributed by atoms with van der Waals surface area (Å²) in [5.74, 6) is 0. The van der Waals surface area contributed by atoms with E-state index in [1.807, 2.05) is 0 Å². The van der Waals surface area contributed by atoms with Crippen LogP contribution in [-0.2, 0) is 41.8 Å². The Morgan fingerprint density at radius 2 is 1.34 bits per heavy atom. The van der Waals surface area contributed by atoms with Gasteiger partial charge in [-0.05, 0) is 48.7 Å². The second kappa shape index (κ2) is 11.1. The van der Waals surface area contributed by atoms with Crippen LogP contribution in [0.4, 0.5) is 11.4 Å². The van der Waals surface area contributed by atoms with Crippen molar-refractivity contribution in [3.8, 4) is 0 Å². The molecule has 0 heterocycles. The van der Waals surface area contributed by atoms with Crippen LogP contribution in [-0.4, -0.2) is 39.2 Å². The van der Waals surface area contributed by atoms with Gasteiger partial charge in [0.25, 0.3) is 31.6 Å². The Kier molecular flexibility index (Phi) is 9.38. The molecule has 0 aliphatic carbocycles. The van der Waals surface area contributed by atoms with Gasteiger partial charge in [0.2, 0.25) is 0 Å². The Morgan fingerprint density at radius 1 is 0.781 bits per heavy atom. The predicted octanol–water partition coefficient (Wildman–Crippen LogP) is 2.76. The normalized spacial score (nSPS) is 11.4. The van der Waals surface area contributed by atoms with Crippen molar-refractivity contribution >= 4 is 31.6 Å². The quantitative estimate of drug-likeness (QED) is 0.304. The minimum Gasteiger partial charge on any atom is -0.265 e. The standard InChI is InChI=1S/2C9H11NO5S/c1-7-5-9(10(11)12)4-3-8(7)6-15-16(2,13)14;1-7-5-8(6-15-16(2,13)14)3-4-9(7)10(11)12/h2*3-5H,6H2,1-2H3. The van der Waals surface area contributed by atoms with Crippen LogP contribution >= 0.6 is 0 Å². The zero-order valence-electron chi connectivity index (χ0n) is 17.7. The number of hydrogen-bond acceptors (Lipinski definition) is 10. The number of nitrogens with zero attached hydrogens (tertiary/aromatic N) is 2. The van der Waals surface area contributed by atoms with Gasteiger partial charge in [-0.15, -0.1) is 0 Å². The fourth-order valence-electron chi connectivity index (χ4n) is 2.31. The highest BCUT2D eigenvalue weighted by atomic mass is 32.2. The van der Waals surface area contributed by atoms with Crippen molar-refractivity contribution in [3.05, 3.63) is 78.9 Å². The molecule has 0 saturated heterocycles. The molecule has 0 aliphatic rings. The largest absolute Gasteiger partial charge is 0.272 e. The Morgan fingerprint density at radius 3 is 1.78 bits per heavy atom. The number of benzene rings is 2. The summed E-state index contributed by atoms with van der Waals surface area (Å²) in [5.41, 5.74) is 2.26. The minimum absolute atomic E-state index is 0.00288. The van der Waals surface area contributed by atoms with Crippen LogP contribution in [0.15, 0.2) is 36.4 Å². The molecule has 0 atom stereocenters. The molecule has 2 aromatic carbocycles.